The fraction of sp³-hybridized carbons (Fsp3) is 0.158. The minimum atomic E-state index is -3.36. The van der Waals surface area contributed by atoms with E-state index in [4.69, 9.17) is 9.26 Å². The summed E-state index contributed by atoms with van der Waals surface area (Å²) in [5.74, 6) is 0.245. The first-order valence-electron chi connectivity index (χ1n) is 8.71. The molecule has 3 aromatic heterocycles. The molecule has 0 aliphatic carbocycles. The summed E-state index contributed by atoms with van der Waals surface area (Å²) < 4.78 is 49.1. The Labute approximate surface area is 171 Å². The molecule has 30 heavy (non-hydrogen) atoms. The van der Waals surface area contributed by atoms with E-state index in [1.165, 1.54) is 24.3 Å². The highest BCUT2D eigenvalue weighted by molar-refractivity contribution is 7.90. The van der Waals surface area contributed by atoms with Gasteiger partial charge in [0, 0.05) is 24.9 Å². The standard InChI is InChI=1S/C19H16FN5O4S/c1-25-16(11-28-17-7-6-13(20)9-21-17)15(10-22-25)19-23-18(24-29-19)12-4-3-5-14(8-12)30(2,26)27/h3-10H,11H2,1-2H3. The Morgan fingerprint density at radius 2 is 2.03 bits per heavy atom. The van der Waals surface area contributed by atoms with Crippen molar-refractivity contribution >= 4 is 9.84 Å². The second-order valence-corrected chi connectivity index (χ2v) is 8.47. The molecule has 3 heterocycles. The van der Waals surface area contributed by atoms with Crippen LogP contribution in [0.1, 0.15) is 5.69 Å². The van der Waals surface area contributed by atoms with Crippen molar-refractivity contribution in [3.63, 3.8) is 0 Å². The van der Waals surface area contributed by atoms with Gasteiger partial charge in [-0.25, -0.2) is 17.8 Å². The lowest BCUT2D eigenvalue weighted by atomic mass is 10.2. The first-order valence-corrected chi connectivity index (χ1v) is 10.6. The number of benzene rings is 1. The Morgan fingerprint density at radius 1 is 1.20 bits per heavy atom. The summed E-state index contributed by atoms with van der Waals surface area (Å²) in [6.07, 6.45) is 3.75. The van der Waals surface area contributed by atoms with Gasteiger partial charge in [-0.1, -0.05) is 17.3 Å². The number of hydrogen-bond acceptors (Lipinski definition) is 8. The van der Waals surface area contributed by atoms with Crippen LogP contribution in [0.15, 0.2) is 58.2 Å². The fourth-order valence-electron chi connectivity index (χ4n) is 2.72. The van der Waals surface area contributed by atoms with Crippen LogP contribution in [0, 0.1) is 5.82 Å². The van der Waals surface area contributed by atoms with Gasteiger partial charge in [-0.2, -0.15) is 10.1 Å². The highest BCUT2D eigenvalue weighted by Crippen LogP contribution is 2.26. The van der Waals surface area contributed by atoms with Crippen LogP contribution in [0.5, 0.6) is 5.88 Å². The molecule has 4 aromatic rings. The van der Waals surface area contributed by atoms with Gasteiger partial charge in [-0.3, -0.25) is 4.68 Å². The van der Waals surface area contributed by atoms with Gasteiger partial charge in [0.2, 0.25) is 11.7 Å². The second-order valence-electron chi connectivity index (χ2n) is 6.46. The van der Waals surface area contributed by atoms with Gasteiger partial charge in [0.05, 0.1) is 28.5 Å². The zero-order valence-electron chi connectivity index (χ0n) is 16.0. The van der Waals surface area contributed by atoms with E-state index in [0.29, 0.717) is 16.8 Å². The first kappa shape index (κ1) is 19.7. The van der Waals surface area contributed by atoms with Crippen molar-refractivity contribution in [1.82, 2.24) is 24.9 Å². The lowest BCUT2D eigenvalue weighted by Gasteiger charge is -2.06. The molecule has 0 saturated carbocycles. The molecule has 4 rings (SSSR count). The van der Waals surface area contributed by atoms with Crippen LogP contribution in [0.25, 0.3) is 22.8 Å². The third-order valence-electron chi connectivity index (χ3n) is 4.30. The van der Waals surface area contributed by atoms with Crippen LogP contribution in [-0.4, -0.2) is 39.6 Å². The number of pyridine rings is 1. The van der Waals surface area contributed by atoms with E-state index in [1.807, 2.05) is 0 Å². The minimum Gasteiger partial charge on any atom is -0.471 e. The molecule has 0 atom stereocenters. The molecule has 0 N–H and O–H groups in total. The Bertz CT molecular complexity index is 1300. The molecule has 0 amide bonds. The van der Waals surface area contributed by atoms with Crippen molar-refractivity contribution in [1.29, 1.82) is 0 Å². The van der Waals surface area contributed by atoms with Gasteiger partial charge in [0.15, 0.2) is 9.84 Å². The van der Waals surface area contributed by atoms with Crippen LogP contribution >= 0.6 is 0 Å². The van der Waals surface area contributed by atoms with Gasteiger partial charge in [0.25, 0.3) is 5.89 Å². The van der Waals surface area contributed by atoms with Gasteiger partial charge < -0.3 is 9.26 Å². The maximum atomic E-state index is 13.0. The molecule has 11 heteroatoms. The summed E-state index contributed by atoms with van der Waals surface area (Å²) in [6.45, 7) is 0.0890. The Balaban J connectivity index is 1.61. The number of aryl methyl sites for hydroxylation is 1. The number of halogens is 1. The molecule has 1 aromatic carbocycles. The van der Waals surface area contributed by atoms with E-state index in [9.17, 15) is 12.8 Å². The maximum Gasteiger partial charge on any atom is 0.261 e. The molecule has 0 aliphatic rings. The Morgan fingerprint density at radius 3 is 2.77 bits per heavy atom. The van der Waals surface area contributed by atoms with Crippen LogP contribution in [0.4, 0.5) is 4.39 Å². The van der Waals surface area contributed by atoms with E-state index in [-0.39, 0.29) is 29.1 Å². The highest BCUT2D eigenvalue weighted by Gasteiger charge is 2.19. The zero-order chi connectivity index (χ0) is 21.3. The summed E-state index contributed by atoms with van der Waals surface area (Å²) in [5.41, 5.74) is 1.70. The molecule has 154 valence electrons. The lowest BCUT2D eigenvalue weighted by molar-refractivity contribution is 0.282. The molecule has 0 fully saturated rings. The summed E-state index contributed by atoms with van der Waals surface area (Å²) in [6, 6.07) is 8.96. The molecular weight excluding hydrogens is 413 g/mol. The van der Waals surface area contributed by atoms with Crippen molar-refractivity contribution in [3.8, 4) is 28.7 Å². The third-order valence-corrected chi connectivity index (χ3v) is 5.41. The topological polar surface area (TPSA) is 113 Å². The predicted octanol–water partition coefficient (Wildman–Crippen LogP) is 2.65. The van der Waals surface area contributed by atoms with E-state index in [2.05, 4.69) is 20.2 Å². The van der Waals surface area contributed by atoms with E-state index >= 15 is 0 Å². The van der Waals surface area contributed by atoms with Crippen molar-refractivity contribution in [2.24, 2.45) is 7.05 Å². The molecule has 0 unspecified atom stereocenters. The van der Waals surface area contributed by atoms with Crippen molar-refractivity contribution in [3.05, 3.63) is 60.3 Å². The first-order chi connectivity index (χ1) is 14.3. The number of hydrogen-bond donors (Lipinski definition) is 0. The Hall–Kier alpha value is -3.60. The lowest BCUT2D eigenvalue weighted by Crippen LogP contribution is -2.05. The van der Waals surface area contributed by atoms with Gasteiger partial charge in [-0.15, -0.1) is 0 Å². The number of aromatic nitrogens is 5. The molecule has 9 nitrogen and oxygen atoms in total. The van der Waals surface area contributed by atoms with Crippen LogP contribution < -0.4 is 4.74 Å². The Kier molecular flexibility index (Phi) is 5.04. The average Bonchev–Trinajstić information content (AvgIpc) is 3.34. The smallest absolute Gasteiger partial charge is 0.261 e. The number of ether oxygens (including phenoxy) is 1. The average molecular weight is 429 g/mol. The van der Waals surface area contributed by atoms with Crippen LogP contribution in [0.2, 0.25) is 0 Å². The van der Waals surface area contributed by atoms with Gasteiger partial charge in [-0.05, 0) is 18.2 Å². The second kappa shape index (κ2) is 7.67. The van der Waals surface area contributed by atoms with Crippen molar-refractivity contribution in [2.75, 3.05) is 6.26 Å². The number of nitrogens with zero attached hydrogens (tertiary/aromatic N) is 5. The summed E-state index contributed by atoms with van der Waals surface area (Å²) in [4.78, 5) is 8.38. The van der Waals surface area contributed by atoms with E-state index in [0.717, 1.165) is 12.5 Å². The third kappa shape index (κ3) is 4.06. The number of rotatable bonds is 6. The molecule has 0 aliphatic heterocycles. The summed E-state index contributed by atoms with van der Waals surface area (Å²) in [7, 11) is -1.63. The molecule has 0 radical (unpaired) electrons. The van der Waals surface area contributed by atoms with Crippen LogP contribution in [-0.2, 0) is 23.5 Å². The SMILES string of the molecule is Cn1ncc(-c2nc(-c3cccc(S(C)(=O)=O)c3)no2)c1COc1ccc(F)cn1. The maximum absolute atomic E-state index is 13.0. The van der Waals surface area contributed by atoms with E-state index < -0.39 is 15.7 Å². The van der Waals surface area contributed by atoms with Crippen molar-refractivity contribution < 1.29 is 22.1 Å². The van der Waals surface area contributed by atoms with Crippen LogP contribution in [0.3, 0.4) is 0 Å². The zero-order valence-corrected chi connectivity index (χ0v) is 16.8. The van der Waals surface area contributed by atoms with E-state index in [1.54, 1.807) is 30.1 Å². The predicted molar refractivity (Wildman–Crippen MR) is 104 cm³/mol. The van der Waals surface area contributed by atoms with Gasteiger partial charge in [0.1, 0.15) is 12.4 Å². The minimum absolute atomic E-state index is 0.0890. The normalized spacial score (nSPS) is 11.6. The summed E-state index contributed by atoms with van der Waals surface area (Å²) in [5, 5.41) is 8.15. The fourth-order valence-corrected chi connectivity index (χ4v) is 3.39. The number of sulfone groups is 1. The van der Waals surface area contributed by atoms with Gasteiger partial charge >= 0.3 is 0 Å². The van der Waals surface area contributed by atoms with Crippen molar-refractivity contribution in [2.45, 2.75) is 11.5 Å². The highest BCUT2D eigenvalue weighted by atomic mass is 32.2. The largest absolute Gasteiger partial charge is 0.471 e. The molecule has 0 spiro atoms. The molecule has 0 saturated heterocycles. The molecule has 0 bridgehead atoms. The molecular formula is C19H16FN5O4S. The monoisotopic (exact) mass is 429 g/mol. The summed E-state index contributed by atoms with van der Waals surface area (Å²) >= 11 is 0. The quantitative estimate of drug-likeness (QED) is 0.460.